The number of aliphatic hydroxyl groups is 1. The highest BCUT2D eigenvalue weighted by molar-refractivity contribution is 5.85. The zero-order valence-electron chi connectivity index (χ0n) is 17.3. The number of benzene rings is 2. The largest absolute Gasteiger partial charge is 0.461 e. The van der Waals surface area contributed by atoms with Gasteiger partial charge in [-0.2, -0.15) is 0 Å². The van der Waals surface area contributed by atoms with Crippen LogP contribution in [0.3, 0.4) is 0 Å². The Morgan fingerprint density at radius 1 is 0.967 bits per heavy atom. The van der Waals surface area contributed by atoms with E-state index in [1.807, 2.05) is 12.1 Å². The molecule has 0 radical (unpaired) electrons. The molecule has 0 amide bonds. The number of hydrogen-bond acceptors (Lipinski definition) is 6. The highest BCUT2D eigenvalue weighted by Gasteiger charge is 2.69. The van der Waals surface area contributed by atoms with Crippen LogP contribution in [0, 0.1) is 0 Å². The number of nitrogens with zero attached hydrogens (tertiary/aromatic N) is 1. The third-order valence-corrected chi connectivity index (χ3v) is 6.93. The molecule has 3 aliphatic rings. The molecular formula is C24H27NO5. The number of ether oxygens (including phenoxy) is 3. The van der Waals surface area contributed by atoms with Crippen molar-refractivity contribution in [3.8, 4) is 0 Å². The van der Waals surface area contributed by atoms with Gasteiger partial charge in [0.1, 0.15) is 23.6 Å². The molecule has 0 saturated carbocycles. The lowest BCUT2D eigenvalue weighted by Gasteiger charge is -2.38. The highest BCUT2D eigenvalue weighted by Crippen LogP contribution is 2.55. The van der Waals surface area contributed by atoms with Crippen molar-refractivity contribution in [1.82, 2.24) is 4.90 Å². The van der Waals surface area contributed by atoms with E-state index >= 15 is 0 Å². The van der Waals surface area contributed by atoms with Crippen LogP contribution < -0.4 is 0 Å². The zero-order chi connectivity index (χ0) is 21.0. The summed E-state index contributed by atoms with van der Waals surface area (Å²) >= 11 is 0. The van der Waals surface area contributed by atoms with Crippen LogP contribution in [-0.2, 0) is 24.6 Å². The van der Waals surface area contributed by atoms with Gasteiger partial charge in [0, 0.05) is 0 Å². The van der Waals surface area contributed by atoms with Crippen molar-refractivity contribution in [2.45, 2.75) is 49.3 Å². The molecule has 158 valence electrons. The number of rotatable bonds is 5. The van der Waals surface area contributed by atoms with Crippen LogP contribution in [0.5, 0.6) is 0 Å². The van der Waals surface area contributed by atoms with E-state index in [-0.39, 0.29) is 6.61 Å². The molecule has 0 aliphatic carbocycles. The molecular weight excluding hydrogens is 382 g/mol. The van der Waals surface area contributed by atoms with Crippen molar-refractivity contribution < 1.29 is 24.1 Å². The van der Waals surface area contributed by atoms with Crippen molar-refractivity contribution in [2.75, 3.05) is 19.8 Å². The number of carbonyl (C=O) groups is 1. The molecule has 2 aromatic rings. The molecule has 3 fully saturated rings. The fourth-order valence-corrected chi connectivity index (χ4v) is 5.43. The summed E-state index contributed by atoms with van der Waals surface area (Å²) in [5.74, 6) is -0.698. The first-order valence-corrected chi connectivity index (χ1v) is 10.4. The third-order valence-electron chi connectivity index (χ3n) is 6.93. The molecule has 0 spiro atoms. The van der Waals surface area contributed by atoms with E-state index in [4.69, 9.17) is 14.2 Å². The Labute approximate surface area is 176 Å². The number of esters is 1. The molecule has 30 heavy (non-hydrogen) atoms. The summed E-state index contributed by atoms with van der Waals surface area (Å²) in [6.07, 6.45) is 1.74. The molecule has 1 N–H and O–H groups in total. The second-order valence-electron chi connectivity index (χ2n) is 9.01. The van der Waals surface area contributed by atoms with Gasteiger partial charge in [-0.05, 0) is 37.8 Å². The van der Waals surface area contributed by atoms with Crippen molar-refractivity contribution >= 4 is 5.97 Å². The minimum absolute atomic E-state index is 0.0962. The van der Waals surface area contributed by atoms with Gasteiger partial charge in [-0.25, -0.2) is 9.69 Å². The Kier molecular flexibility index (Phi) is 4.35. The van der Waals surface area contributed by atoms with Gasteiger partial charge >= 0.3 is 5.97 Å². The van der Waals surface area contributed by atoms with E-state index < -0.39 is 28.6 Å². The van der Waals surface area contributed by atoms with Crippen molar-refractivity contribution in [2.24, 2.45) is 0 Å². The van der Waals surface area contributed by atoms with E-state index in [9.17, 15) is 9.90 Å². The van der Waals surface area contributed by atoms with Crippen LogP contribution in [0.15, 0.2) is 60.7 Å². The van der Waals surface area contributed by atoms with E-state index in [0.717, 1.165) is 12.8 Å². The first kappa shape index (κ1) is 19.7. The maximum absolute atomic E-state index is 13.4. The monoisotopic (exact) mass is 409 g/mol. The Hall–Kier alpha value is -2.25. The molecule has 3 aliphatic heterocycles. The number of hydrogen-bond donors (Lipinski definition) is 1. The molecule has 3 saturated heterocycles. The van der Waals surface area contributed by atoms with Gasteiger partial charge in [0.05, 0.1) is 13.2 Å². The predicted octanol–water partition coefficient (Wildman–Crippen LogP) is 2.79. The van der Waals surface area contributed by atoms with E-state index in [1.54, 1.807) is 48.5 Å². The summed E-state index contributed by atoms with van der Waals surface area (Å²) in [5.41, 5.74) is -2.31. The van der Waals surface area contributed by atoms with Gasteiger partial charge in [0.2, 0.25) is 5.60 Å². The molecule has 0 bridgehead atoms. The van der Waals surface area contributed by atoms with Crippen LogP contribution in [0.4, 0.5) is 0 Å². The van der Waals surface area contributed by atoms with Gasteiger partial charge in [-0.3, -0.25) is 0 Å². The quantitative estimate of drug-likeness (QED) is 0.766. The second-order valence-corrected chi connectivity index (χ2v) is 9.01. The lowest BCUT2D eigenvalue weighted by atomic mass is 9.86. The predicted molar refractivity (Wildman–Crippen MR) is 109 cm³/mol. The summed E-state index contributed by atoms with van der Waals surface area (Å²) in [4.78, 5) is 15.6. The van der Waals surface area contributed by atoms with Crippen molar-refractivity contribution in [3.63, 3.8) is 0 Å². The van der Waals surface area contributed by atoms with Gasteiger partial charge in [0.25, 0.3) is 0 Å². The Morgan fingerprint density at radius 2 is 1.43 bits per heavy atom. The Bertz CT molecular complexity index is 887. The average Bonchev–Trinajstić information content (AvgIpc) is 3.36. The molecule has 2 unspecified atom stereocenters. The molecule has 0 aromatic heterocycles. The van der Waals surface area contributed by atoms with Gasteiger partial charge in [0.15, 0.2) is 0 Å². The highest BCUT2D eigenvalue weighted by atomic mass is 16.6. The fraction of sp³-hybridized carbons (Fsp3) is 0.458. The first-order valence-electron chi connectivity index (χ1n) is 10.4. The van der Waals surface area contributed by atoms with Crippen LogP contribution in [0.1, 0.15) is 37.8 Å². The number of carbonyl (C=O) groups excluding carboxylic acids is 1. The molecule has 6 nitrogen and oxygen atoms in total. The van der Waals surface area contributed by atoms with Crippen LogP contribution in [0.2, 0.25) is 0 Å². The van der Waals surface area contributed by atoms with Gasteiger partial charge in [-0.15, -0.1) is 0 Å². The smallest absolute Gasteiger partial charge is 0.347 e. The lowest BCUT2D eigenvalue weighted by Crippen LogP contribution is -2.57. The molecule has 6 heteroatoms. The summed E-state index contributed by atoms with van der Waals surface area (Å²) < 4.78 is 18.1. The topological polar surface area (TPSA) is 68.2 Å². The fourth-order valence-electron chi connectivity index (χ4n) is 5.43. The minimum Gasteiger partial charge on any atom is -0.461 e. The third kappa shape index (κ3) is 2.68. The Balaban J connectivity index is 1.44. The lowest BCUT2D eigenvalue weighted by molar-refractivity contribution is -0.166. The molecule has 5 rings (SSSR count). The van der Waals surface area contributed by atoms with Crippen LogP contribution in [-0.4, -0.2) is 52.8 Å². The van der Waals surface area contributed by atoms with Gasteiger partial charge in [-0.1, -0.05) is 60.7 Å². The van der Waals surface area contributed by atoms with Crippen LogP contribution >= 0.6 is 0 Å². The average molecular weight is 409 g/mol. The summed E-state index contributed by atoms with van der Waals surface area (Å²) in [7, 11) is 0. The van der Waals surface area contributed by atoms with Crippen LogP contribution in [0.25, 0.3) is 0 Å². The first-order chi connectivity index (χ1) is 14.3. The minimum atomic E-state index is -1.89. The zero-order valence-corrected chi connectivity index (χ0v) is 17.3. The van der Waals surface area contributed by atoms with E-state index in [2.05, 4.69) is 18.7 Å². The summed E-state index contributed by atoms with van der Waals surface area (Å²) in [6.45, 7) is 5.10. The van der Waals surface area contributed by atoms with E-state index in [1.165, 1.54) is 0 Å². The molecule has 3 heterocycles. The molecule has 2 aromatic carbocycles. The maximum Gasteiger partial charge on any atom is 0.347 e. The Morgan fingerprint density at radius 3 is 1.90 bits per heavy atom. The van der Waals surface area contributed by atoms with Crippen molar-refractivity contribution in [3.05, 3.63) is 71.8 Å². The SMILES string of the molecule is CC12CCC3(C)OCC(COC(=O)C(O)(c4ccccc4)c4ccccc4)(CO1)N23. The summed E-state index contributed by atoms with van der Waals surface area (Å²) in [5, 5.41) is 11.6. The standard InChI is InChI=1S/C24H27NO5/c1-21-13-14-22(2)25(21)23(16-29-21,17-30-22)15-28-20(26)24(27,18-9-5-3-6-10-18)19-11-7-4-8-12-19/h3-12,27H,13-17H2,1-2H3. The molecule has 2 atom stereocenters. The normalized spacial score (nSPS) is 32.9. The van der Waals surface area contributed by atoms with E-state index in [0.29, 0.717) is 24.3 Å². The summed E-state index contributed by atoms with van der Waals surface area (Å²) in [6, 6.07) is 17.8. The van der Waals surface area contributed by atoms with Gasteiger partial charge < -0.3 is 19.3 Å². The maximum atomic E-state index is 13.4. The second kappa shape index (κ2) is 6.62. The van der Waals surface area contributed by atoms with Crippen molar-refractivity contribution in [1.29, 1.82) is 0 Å².